The van der Waals surface area contributed by atoms with Gasteiger partial charge in [0.05, 0.1) is 10.8 Å². The van der Waals surface area contributed by atoms with E-state index in [0.717, 1.165) is 0 Å². The van der Waals surface area contributed by atoms with Crippen molar-refractivity contribution < 1.29 is 0 Å². The van der Waals surface area contributed by atoms with Crippen molar-refractivity contribution in [2.45, 2.75) is 22.7 Å². The van der Waals surface area contributed by atoms with E-state index in [0.29, 0.717) is 11.8 Å². The molecule has 0 N–H and O–H groups in total. The Labute approximate surface area is 204 Å². The summed E-state index contributed by atoms with van der Waals surface area (Å²) < 4.78 is 0. The second-order valence-electron chi connectivity index (χ2n) is 11.1. The van der Waals surface area contributed by atoms with Gasteiger partial charge in [-0.3, -0.25) is 0 Å². The highest BCUT2D eigenvalue weighted by Gasteiger charge is 2.88. The Hall–Kier alpha value is -3.90. The summed E-state index contributed by atoms with van der Waals surface area (Å²) in [6.07, 6.45) is 0. The number of hydrogen-bond acceptors (Lipinski definition) is 0. The maximum absolute atomic E-state index is 2.46. The van der Waals surface area contributed by atoms with Crippen LogP contribution in [0, 0.1) is 5.41 Å². The Morgan fingerprint density at radius 3 is 0.886 bits per heavy atom. The molecular formula is C35H22. The molecule has 0 fully saturated rings. The molecule has 0 nitrogen and oxygen atoms in total. The molecule has 5 aliphatic rings. The molecule has 5 aromatic rings. The average molecular weight is 443 g/mol. The summed E-state index contributed by atoms with van der Waals surface area (Å²) in [4.78, 5) is 0. The van der Waals surface area contributed by atoms with Crippen LogP contribution in [0.1, 0.15) is 67.5 Å². The minimum absolute atomic E-state index is 0.0234. The summed E-state index contributed by atoms with van der Waals surface area (Å²) in [7, 11) is 0. The molecule has 0 heteroatoms. The van der Waals surface area contributed by atoms with Crippen LogP contribution < -0.4 is 0 Å². The molecule has 10 rings (SSSR count). The van der Waals surface area contributed by atoms with E-state index in [-0.39, 0.29) is 16.2 Å². The highest BCUT2D eigenvalue weighted by atomic mass is 14.9. The SMILES string of the molecule is c1ccc2c(c1)C1c3ccccc3C34c5ccccc5C5c6ccccc6C2(c2ccccc23)C154. The fourth-order valence-electron chi connectivity index (χ4n) is 10.3. The number of hydrogen-bond donors (Lipinski definition) is 0. The van der Waals surface area contributed by atoms with Gasteiger partial charge in [-0.25, -0.2) is 0 Å². The molecular weight excluding hydrogens is 420 g/mol. The van der Waals surface area contributed by atoms with Gasteiger partial charge in [-0.05, 0) is 55.6 Å². The first-order valence-corrected chi connectivity index (χ1v) is 12.9. The van der Waals surface area contributed by atoms with Crippen molar-refractivity contribution in [3.05, 3.63) is 177 Å². The second-order valence-corrected chi connectivity index (χ2v) is 11.1. The first kappa shape index (κ1) is 17.5. The van der Waals surface area contributed by atoms with Crippen LogP contribution in [0.25, 0.3) is 0 Å². The third-order valence-corrected chi connectivity index (χ3v) is 10.6. The highest BCUT2D eigenvalue weighted by Crippen LogP contribution is 2.92. The zero-order valence-electron chi connectivity index (χ0n) is 19.2. The predicted molar refractivity (Wildman–Crippen MR) is 138 cm³/mol. The Morgan fingerprint density at radius 2 is 0.571 bits per heavy atom. The molecule has 0 unspecified atom stereocenters. The minimum atomic E-state index is -0.149. The molecule has 1 spiro atoms. The largest absolute Gasteiger partial charge is 0.0620 e. The molecule has 0 atom stereocenters. The van der Waals surface area contributed by atoms with Crippen LogP contribution in [0.3, 0.4) is 0 Å². The first-order valence-electron chi connectivity index (χ1n) is 12.9. The zero-order valence-corrected chi connectivity index (χ0v) is 19.2. The maximum atomic E-state index is 2.46. The van der Waals surface area contributed by atoms with E-state index in [1.807, 2.05) is 0 Å². The summed E-state index contributed by atoms with van der Waals surface area (Å²) in [6, 6.07) is 47.3. The van der Waals surface area contributed by atoms with Gasteiger partial charge in [-0.15, -0.1) is 0 Å². The summed E-state index contributed by atoms with van der Waals surface area (Å²) in [5, 5.41) is 0. The lowest BCUT2D eigenvalue weighted by Crippen LogP contribution is -2.47. The smallest absolute Gasteiger partial charge is 0.0549 e. The summed E-state index contributed by atoms with van der Waals surface area (Å²) in [5.41, 5.74) is 15.1. The monoisotopic (exact) mass is 442 g/mol. The summed E-state index contributed by atoms with van der Waals surface area (Å²) in [5.74, 6) is 0.735. The van der Waals surface area contributed by atoms with Crippen LogP contribution in [-0.2, 0) is 10.8 Å². The van der Waals surface area contributed by atoms with Crippen molar-refractivity contribution in [2.75, 3.05) is 0 Å². The molecule has 0 aromatic heterocycles. The Balaban J connectivity index is 1.59. The fourth-order valence-corrected chi connectivity index (χ4v) is 10.3. The molecule has 0 radical (unpaired) electrons. The number of rotatable bonds is 0. The van der Waals surface area contributed by atoms with Crippen LogP contribution >= 0.6 is 0 Å². The van der Waals surface area contributed by atoms with Crippen molar-refractivity contribution >= 4 is 0 Å². The quantitative estimate of drug-likeness (QED) is 0.236. The standard InChI is InChI=1S/C35H22/c1-5-15-25-21(11-1)31-22-12-2-6-16-26(22)34-28-18-8-4-14-24(28)32-23-13-3-7-17-27(23)33(25,35(31,32)34)29-19-9-10-20-30(29)34/h1-20,31-32H. The van der Waals surface area contributed by atoms with Crippen LogP contribution in [-0.4, -0.2) is 0 Å². The van der Waals surface area contributed by atoms with E-state index in [4.69, 9.17) is 0 Å². The molecule has 0 saturated carbocycles. The minimum Gasteiger partial charge on any atom is -0.0620 e. The van der Waals surface area contributed by atoms with Crippen LogP contribution in [0.2, 0.25) is 0 Å². The van der Waals surface area contributed by atoms with E-state index < -0.39 is 0 Å². The van der Waals surface area contributed by atoms with Gasteiger partial charge in [0, 0.05) is 17.3 Å². The molecule has 0 amide bonds. The maximum Gasteiger partial charge on any atom is 0.0549 e. The summed E-state index contributed by atoms with van der Waals surface area (Å²) in [6.45, 7) is 0. The molecule has 0 saturated heterocycles. The second kappa shape index (κ2) is 5.19. The molecule has 162 valence electrons. The lowest BCUT2D eigenvalue weighted by Gasteiger charge is -2.45. The number of benzene rings is 5. The van der Waals surface area contributed by atoms with Gasteiger partial charge in [-0.1, -0.05) is 121 Å². The van der Waals surface area contributed by atoms with Gasteiger partial charge in [0.15, 0.2) is 0 Å². The lowest BCUT2D eigenvalue weighted by atomic mass is 9.53. The van der Waals surface area contributed by atoms with E-state index in [9.17, 15) is 0 Å². The van der Waals surface area contributed by atoms with Gasteiger partial charge in [0.2, 0.25) is 0 Å². The molecule has 0 bridgehead atoms. The van der Waals surface area contributed by atoms with E-state index in [1.54, 1.807) is 22.3 Å². The van der Waals surface area contributed by atoms with Gasteiger partial charge >= 0.3 is 0 Å². The van der Waals surface area contributed by atoms with Gasteiger partial charge in [0.25, 0.3) is 0 Å². The normalized spacial score (nSPS) is 32.3. The van der Waals surface area contributed by atoms with Crippen LogP contribution in [0.15, 0.2) is 121 Å². The zero-order chi connectivity index (χ0) is 22.6. The van der Waals surface area contributed by atoms with Crippen LogP contribution in [0.5, 0.6) is 0 Å². The van der Waals surface area contributed by atoms with Crippen molar-refractivity contribution in [1.82, 2.24) is 0 Å². The lowest BCUT2D eigenvalue weighted by molar-refractivity contribution is 0.168. The molecule has 5 aromatic carbocycles. The van der Waals surface area contributed by atoms with E-state index in [2.05, 4.69) is 121 Å². The third-order valence-electron chi connectivity index (χ3n) is 10.6. The highest BCUT2D eigenvalue weighted by molar-refractivity contribution is 5.88. The molecule has 0 heterocycles. The van der Waals surface area contributed by atoms with Crippen molar-refractivity contribution in [2.24, 2.45) is 5.41 Å². The van der Waals surface area contributed by atoms with Crippen molar-refractivity contribution in [3.8, 4) is 0 Å². The van der Waals surface area contributed by atoms with E-state index in [1.165, 1.54) is 33.4 Å². The van der Waals surface area contributed by atoms with Gasteiger partial charge < -0.3 is 0 Å². The summed E-state index contributed by atoms with van der Waals surface area (Å²) >= 11 is 0. The topological polar surface area (TPSA) is 0 Å². The first-order chi connectivity index (χ1) is 17.4. The van der Waals surface area contributed by atoms with Crippen molar-refractivity contribution in [1.29, 1.82) is 0 Å². The predicted octanol–water partition coefficient (Wildman–Crippen LogP) is 7.27. The molecule has 0 aliphatic heterocycles. The third kappa shape index (κ3) is 1.34. The van der Waals surface area contributed by atoms with E-state index >= 15 is 0 Å². The van der Waals surface area contributed by atoms with Gasteiger partial charge in [-0.2, -0.15) is 0 Å². The Bertz CT molecular complexity index is 1560. The Kier molecular flexibility index (Phi) is 2.60. The fraction of sp³-hybridized carbons (Fsp3) is 0.143. The Morgan fingerprint density at radius 1 is 0.314 bits per heavy atom. The van der Waals surface area contributed by atoms with Crippen molar-refractivity contribution in [3.63, 3.8) is 0 Å². The van der Waals surface area contributed by atoms with Gasteiger partial charge in [0.1, 0.15) is 0 Å². The molecule has 35 heavy (non-hydrogen) atoms. The average Bonchev–Trinajstić information content (AvgIpc) is 3.59. The number of fused-ring (bicyclic) bond motifs is 9. The van der Waals surface area contributed by atoms with Crippen LogP contribution in [0.4, 0.5) is 0 Å². The molecule has 5 aliphatic carbocycles.